The SMILES string of the molecule is CCC(=O)CN1CCC(c2cc(C)c(Nc3ncc(C(F)(F)F)c(Nc4cc(C)[nH]n4)n3)cc2C)CC1. The molecule has 0 amide bonds. The molecule has 0 saturated carbocycles. The predicted octanol–water partition coefficient (Wildman–Crippen LogP) is 5.79. The van der Waals surface area contributed by atoms with E-state index in [4.69, 9.17) is 0 Å². The first-order valence-electron chi connectivity index (χ1n) is 12.4. The zero-order chi connectivity index (χ0) is 26.7. The molecular weight excluding hydrogens is 483 g/mol. The van der Waals surface area contributed by atoms with Crippen molar-refractivity contribution in [2.45, 2.75) is 59.1 Å². The molecule has 3 N–H and O–H groups in total. The molecule has 1 fully saturated rings. The molecule has 1 aliphatic heterocycles. The Morgan fingerprint density at radius 3 is 2.46 bits per heavy atom. The summed E-state index contributed by atoms with van der Waals surface area (Å²) in [6, 6.07) is 5.71. The zero-order valence-electron chi connectivity index (χ0n) is 21.5. The van der Waals surface area contributed by atoms with Crippen LogP contribution in [0.4, 0.5) is 36.4 Å². The van der Waals surface area contributed by atoms with E-state index in [1.807, 2.05) is 26.8 Å². The number of H-pyrrole nitrogens is 1. The minimum absolute atomic E-state index is 0.0481. The summed E-state index contributed by atoms with van der Waals surface area (Å²) < 4.78 is 40.7. The van der Waals surface area contributed by atoms with Crippen LogP contribution in [-0.2, 0) is 11.0 Å². The van der Waals surface area contributed by atoms with E-state index in [0.29, 0.717) is 24.6 Å². The van der Waals surface area contributed by atoms with Gasteiger partial charge in [0.2, 0.25) is 5.95 Å². The average molecular weight is 516 g/mol. The fourth-order valence-corrected chi connectivity index (χ4v) is 4.64. The number of alkyl halides is 3. The van der Waals surface area contributed by atoms with E-state index in [1.54, 1.807) is 13.0 Å². The fourth-order valence-electron chi connectivity index (χ4n) is 4.64. The topological polar surface area (TPSA) is 98.8 Å². The summed E-state index contributed by atoms with van der Waals surface area (Å²) in [4.78, 5) is 22.0. The van der Waals surface area contributed by atoms with Crippen LogP contribution >= 0.6 is 0 Å². The maximum Gasteiger partial charge on any atom is 0.421 e. The van der Waals surface area contributed by atoms with Gasteiger partial charge in [-0.2, -0.15) is 23.3 Å². The third-order valence-electron chi connectivity index (χ3n) is 6.73. The zero-order valence-corrected chi connectivity index (χ0v) is 21.5. The number of benzene rings is 1. The first-order chi connectivity index (χ1) is 17.5. The van der Waals surface area contributed by atoms with E-state index in [0.717, 1.165) is 48.9 Å². The van der Waals surface area contributed by atoms with Crippen molar-refractivity contribution in [3.8, 4) is 0 Å². The van der Waals surface area contributed by atoms with Crippen LogP contribution in [0.2, 0.25) is 0 Å². The van der Waals surface area contributed by atoms with E-state index < -0.39 is 11.7 Å². The van der Waals surface area contributed by atoms with Gasteiger partial charge in [-0.15, -0.1) is 0 Å². The van der Waals surface area contributed by atoms with Crippen molar-refractivity contribution < 1.29 is 18.0 Å². The lowest BCUT2D eigenvalue weighted by atomic mass is 9.85. The lowest BCUT2D eigenvalue weighted by Gasteiger charge is -2.32. The quantitative estimate of drug-likeness (QED) is 0.349. The molecule has 37 heavy (non-hydrogen) atoms. The van der Waals surface area contributed by atoms with E-state index in [-0.39, 0.29) is 23.4 Å². The summed E-state index contributed by atoms with van der Waals surface area (Å²) >= 11 is 0. The summed E-state index contributed by atoms with van der Waals surface area (Å²) in [6.07, 6.45) is -1.33. The Balaban J connectivity index is 1.52. The number of hydrogen-bond donors (Lipinski definition) is 3. The van der Waals surface area contributed by atoms with Crippen molar-refractivity contribution in [1.82, 2.24) is 25.1 Å². The van der Waals surface area contributed by atoms with Crippen LogP contribution in [0.15, 0.2) is 24.4 Å². The third kappa shape index (κ3) is 6.46. The number of nitrogens with one attached hydrogen (secondary N) is 3. The van der Waals surface area contributed by atoms with Crippen molar-refractivity contribution in [1.29, 1.82) is 0 Å². The lowest BCUT2D eigenvalue weighted by molar-refractivity contribution is -0.137. The molecule has 8 nitrogen and oxygen atoms in total. The number of carbonyl (C=O) groups is 1. The molecule has 0 aliphatic carbocycles. The maximum atomic E-state index is 13.6. The monoisotopic (exact) mass is 515 g/mol. The van der Waals surface area contributed by atoms with Gasteiger partial charge in [-0.25, -0.2) is 4.98 Å². The lowest BCUT2D eigenvalue weighted by Crippen LogP contribution is -2.36. The largest absolute Gasteiger partial charge is 0.421 e. The molecular formula is C26H32F3N7O. The van der Waals surface area contributed by atoms with Crippen LogP contribution < -0.4 is 10.6 Å². The molecule has 3 aromatic rings. The highest BCUT2D eigenvalue weighted by molar-refractivity contribution is 5.80. The van der Waals surface area contributed by atoms with E-state index >= 15 is 0 Å². The number of anilines is 4. The molecule has 3 heterocycles. The number of likely N-dealkylation sites (tertiary alicyclic amines) is 1. The number of carbonyl (C=O) groups excluding carboxylic acids is 1. The van der Waals surface area contributed by atoms with Crippen LogP contribution in [-0.4, -0.2) is 50.5 Å². The molecule has 2 aromatic heterocycles. The Hall–Kier alpha value is -3.47. The van der Waals surface area contributed by atoms with Crippen LogP contribution in [0.3, 0.4) is 0 Å². The number of halogens is 3. The number of aryl methyl sites for hydroxylation is 3. The summed E-state index contributed by atoms with van der Waals surface area (Å²) in [5.74, 6) is 0.567. The second-order valence-corrected chi connectivity index (χ2v) is 9.61. The molecule has 0 bridgehead atoms. The molecule has 11 heteroatoms. The highest BCUT2D eigenvalue weighted by Gasteiger charge is 2.35. The fraction of sp³-hybridized carbons (Fsp3) is 0.462. The Bertz CT molecular complexity index is 1260. The molecule has 4 rings (SSSR count). The summed E-state index contributed by atoms with van der Waals surface area (Å²) in [7, 11) is 0. The predicted molar refractivity (Wildman–Crippen MR) is 137 cm³/mol. The molecule has 0 atom stereocenters. The van der Waals surface area contributed by atoms with Crippen molar-refractivity contribution in [3.05, 3.63) is 52.3 Å². The van der Waals surface area contributed by atoms with Gasteiger partial charge in [0.25, 0.3) is 0 Å². The Morgan fingerprint density at radius 2 is 1.84 bits per heavy atom. The maximum absolute atomic E-state index is 13.6. The van der Waals surface area contributed by atoms with E-state index in [9.17, 15) is 18.0 Å². The van der Waals surface area contributed by atoms with Crippen LogP contribution in [0.25, 0.3) is 0 Å². The van der Waals surface area contributed by atoms with E-state index in [2.05, 4.69) is 41.8 Å². The number of aromatic nitrogens is 4. The molecule has 198 valence electrons. The Morgan fingerprint density at radius 1 is 1.11 bits per heavy atom. The van der Waals surface area contributed by atoms with Gasteiger partial charge >= 0.3 is 6.18 Å². The number of ketones is 1. The molecule has 0 spiro atoms. The molecule has 0 radical (unpaired) electrons. The van der Waals surface area contributed by atoms with Gasteiger partial charge in [0.05, 0.1) is 6.54 Å². The van der Waals surface area contributed by atoms with Crippen molar-refractivity contribution in [2.24, 2.45) is 0 Å². The number of nitrogens with zero attached hydrogens (tertiary/aromatic N) is 4. The number of hydrogen-bond acceptors (Lipinski definition) is 7. The molecule has 1 saturated heterocycles. The highest BCUT2D eigenvalue weighted by Crippen LogP contribution is 2.36. The highest BCUT2D eigenvalue weighted by atomic mass is 19.4. The average Bonchev–Trinajstić information content (AvgIpc) is 3.25. The van der Waals surface area contributed by atoms with Gasteiger partial charge in [0, 0.05) is 30.1 Å². The van der Waals surface area contributed by atoms with Gasteiger partial charge in [0.1, 0.15) is 17.2 Å². The molecule has 1 aliphatic rings. The van der Waals surface area contributed by atoms with Gasteiger partial charge in [-0.05, 0) is 75.4 Å². The first kappa shape index (κ1) is 26.6. The summed E-state index contributed by atoms with van der Waals surface area (Å²) in [5, 5.41) is 12.4. The Kier molecular flexibility index (Phi) is 7.82. The van der Waals surface area contributed by atoms with Crippen molar-refractivity contribution in [3.63, 3.8) is 0 Å². The second kappa shape index (κ2) is 10.9. The third-order valence-corrected chi connectivity index (χ3v) is 6.73. The minimum atomic E-state index is -4.63. The van der Waals surface area contributed by atoms with Crippen molar-refractivity contribution in [2.75, 3.05) is 30.3 Å². The molecule has 0 unspecified atom stereocenters. The van der Waals surface area contributed by atoms with Crippen molar-refractivity contribution >= 4 is 29.1 Å². The second-order valence-electron chi connectivity index (χ2n) is 9.61. The van der Waals surface area contributed by atoms with Gasteiger partial charge in [-0.3, -0.25) is 14.8 Å². The van der Waals surface area contributed by atoms with Crippen LogP contribution in [0.5, 0.6) is 0 Å². The van der Waals surface area contributed by atoms with Gasteiger partial charge < -0.3 is 10.6 Å². The first-order valence-corrected chi connectivity index (χ1v) is 12.4. The number of rotatable bonds is 8. The standard InChI is InChI=1S/C26H32F3N7O/c1-5-19(37)14-36-8-6-18(7-9-36)20-10-16(3)22(11-15(20)2)31-25-30-13-21(26(27,28)29)24(33-25)32-23-12-17(4)34-35-23/h10-13,18H,5-9,14H2,1-4H3,(H3,30,31,32,33,34,35). The smallest absolute Gasteiger partial charge is 0.324 e. The van der Waals surface area contributed by atoms with Crippen LogP contribution in [0, 0.1) is 20.8 Å². The van der Waals surface area contributed by atoms with E-state index in [1.165, 1.54) is 5.56 Å². The number of piperidine rings is 1. The van der Waals surface area contributed by atoms with Gasteiger partial charge in [-0.1, -0.05) is 13.0 Å². The van der Waals surface area contributed by atoms with Gasteiger partial charge in [0.15, 0.2) is 5.82 Å². The number of aromatic amines is 1. The summed E-state index contributed by atoms with van der Waals surface area (Å²) in [6.45, 7) is 9.93. The van der Waals surface area contributed by atoms with Crippen LogP contribution in [0.1, 0.15) is 60.1 Å². The Labute approximate surface area is 214 Å². The number of Topliss-reactive ketones (excluding diaryl/α,β-unsaturated/α-hetero) is 1. The normalized spacial score (nSPS) is 15.1. The molecule has 1 aromatic carbocycles. The minimum Gasteiger partial charge on any atom is -0.324 e. The summed E-state index contributed by atoms with van der Waals surface area (Å²) in [5.41, 5.74) is 3.75.